The van der Waals surface area contributed by atoms with E-state index in [4.69, 9.17) is 15.4 Å². The van der Waals surface area contributed by atoms with Crippen LogP contribution in [0.5, 0.6) is 0 Å². The maximum Gasteiger partial charge on any atom is 0.233 e. The number of ether oxygens (including phenoxy) is 1. The van der Waals surface area contributed by atoms with Gasteiger partial charge in [-0.3, -0.25) is 0 Å². The molecule has 1 aliphatic rings. The van der Waals surface area contributed by atoms with Crippen molar-refractivity contribution in [2.24, 2.45) is 11.3 Å². The van der Waals surface area contributed by atoms with Crippen LogP contribution in [0.15, 0.2) is 0 Å². The summed E-state index contributed by atoms with van der Waals surface area (Å²) in [7, 11) is 1.95. The highest BCUT2D eigenvalue weighted by atomic mass is 35.7. The first kappa shape index (κ1) is 17.3. The zero-order valence-corrected chi connectivity index (χ0v) is 13.7. The number of hydrogen-bond acceptors (Lipinski definition) is 3. The Kier molecular flexibility index (Phi) is 7.12. The van der Waals surface area contributed by atoms with Gasteiger partial charge in [-0.25, -0.2) is 8.42 Å². The summed E-state index contributed by atoms with van der Waals surface area (Å²) < 4.78 is 28.5. The first-order valence-corrected chi connectivity index (χ1v) is 9.89. The Bertz CT molecular complexity index is 344. The topological polar surface area (TPSA) is 43.4 Å². The Morgan fingerprint density at radius 1 is 1.16 bits per heavy atom. The van der Waals surface area contributed by atoms with Crippen molar-refractivity contribution in [2.45, 2.75) is 58.8 Å². The van der Waals surface area contributed by atoms with Gasteiger partial charge in [0.15, 0.2) is 0 Å². The molecule has 1 fully saturated rings. The minimum atomic E-state index is -3.47. The average Bonchev–Trinajstić information content (AvgIpc) is 2.37. The van der Waals surface area contributed by atoms with E-state index in [1.54, 1.807) is 0 Å². The summed E-state index contributed by atoms with van der Waals surface area (Å²) in [5.41, 5.74) is -0.324. The third kappa shape index (κ3) is 6.46. The highest BCUT2D eigenvalue weighted by Crippen LogP contribution is 2.31. The van der Waals surface area contributed by atoms with Gasteiger partial charge >= 0.3 is 0 Å². The quantitative estimate of drug-likeness (QED) is 0.637. The van der Waals surface area contributed by atoms with Gasteiger partial charge in [0.05, 0.1) is 12.4 Å². The molecule has 0 aromatic rings. The normalized spacial score (nSPS) is 18.7. The zero-order chi connectivity index (χ0) is 14.4. The molecule has 0 radical (unpaired) electrons. The summed E-state index contributed by atoms with van der Waals surface area (Å²) in [5, 5.41) is 0. The summed E-state index contributed by atoms with van der Waals surface area (Å²) in [6, 6.07) is 0. The summed E-state index contributed by atoms with van der Waals surface area (Å²) >= 11 is 0. The van der Waals surface area contributed by atoms with Crippen LogP contribution in [0.2, 0.25) is 0 Å². The Balaban J connectivity index is 2.44. The molecule has 0 aromatic carbocycles. The van der Waals surface area contributed by atoms with Crippen LogP contribution < -0.4 is 0 Å². The van der Waals surface area contributed by atoms with E-state index in [2.05, 4.69) is 0 Å². The Morgan fingerprint density at radius 3 is 2.21 bits per heavy atom. The van der Waals surface area contributed by atoms with Crippen molar-refractivity contribution >= 4 is 19.7 Å². The molecule has 1 rings (SSSR count). The Labute approximate surface area is 122 Å². The van der Waals surface area contributed by atoms with E-state index in [1.807, 2.05) is 13.8 Å². The first-order valence-electron chi connectivity index (χ1n) is 7.41. The fourth-order valence-electron chi connectivity index (χ4n) is 2.86. The molecule has 19 heavy (non-hydrogen) atoms. The molecule has 0 aliphatic heterocycles. The second-order valence-corrected chi connectivity index (χ2v) is 8.69. The molecule has 3 nitrogen and oxygen atoms in total. The predicted molar refractivity (Wildman–Crippen MR) is 80.0 cm³/mol. The second-order valence-electron chi connectivity index (χ2n) is 5.91. The molecule has 0 aromatic heterocycles. The standard InChI is InChI=1S/C14H27ClO3S/c1-3-14(4-2,12-19(15,16)17)11-18-10-13-8-6-5-7-9-13/h13H,3-12H2,1-2H3. The van der Waals surface area contributed by atoms with Crippen LogP contribution in [0.4, 0.5) is 0 Å². The van der Waals surface area contributed by atoms with Gasteiger partial charge in [-0.05, 0) is 31.6 Å². The van der Waals surface area contributed by atoms with Crippen molar-refractivity contribution in [3.8, 4) is 0 Å². The molecule has 0 spiro atoms. The lowest BCUT2D eigenvalue weighted by Crippen LogP contribution is -2.33. The van der Waals surface area contributed by atoms with Gasteiger partial charge in [-0.2, -0.15) is 0 Å². The molecule has 0 N–H and O–H groups in total. The van der Waals surface area contributed by atoms with Crippen LogP contribution >= 0.6 is 10.7 Å². The zero-order valence-electron chi connectivity index (χ0n) is 12.2. The molecule has 0 bridgehead atoms. The molecule has 1 aliphatic carbocycles. The van der Waals surface area contributed by atoms with Gasteiger partial charge in [0.25, 0.3) is 0 Å². The lowest BCUT2D eigenvalue weighted by Gasteiger charge is -2.31. The Morgan fingerprint density at radius 2 is 1.74 bits per heavy atom. The van der Waals surface area contributed by atoms with Crippen molar-refractivity contribution in [2.75, 3.05) is 19.0 Å². The molecule has 0 unspecified atom stereocenters. The van der Waals surface area contributed by atoms with Gasteiger partial charge in [0.1, 0.15) is 0 Å². The largest absolute Gasteiger partial charge is 0.381 e. The van der Waals surface area contributed by atoms with Gasteiger partial charge in [-0.15, -0.1) is 0 Å². The number of halogens is 1. The van der Waals surface area contributed by atoms with E-state index in [-0.39, 0.29) is 11.2 Å². The van der Waals surface area contributed by atoms with Crippen molar-refractivity contribution < 1.29 is 13.2 Å². The SMILES string of the molecule is CCC(CC)(COCC1CCCCC1)CS(=O)(=O)Cl. The molecule has 0 amide bonds. The molecule has 5 heteroatoms. The minimum Gasteiger partial charge on any atom is -0.381 e. The van der Waals surface area contributed by atoms with E-state index in [0.29, 0.717) is 12.5 Å². The van der Waals surface area contributed by atoms with Gasteiger partial charge in [0, 0.05) is 22.7 Å². The van der Waals surface area contributed by atoms with E-state index in [0.717, 1.165) is 19.4 Å². The molecular formula is C14H27ClO3S. The average molecular weight is 311 g/mol. The van der Waals surface area contributed by atoms with Crippen LogP contribution in [0.3, 0.4) is 0 Å². The number of hydrogen-bond donors (Lipinski definition) is 0. The van der Waals surface area contributed by atoms with Crippen molar-refractivity contribution in [3.05, 3.63) is 0 Å². The maximum absolute atomic E-state index is 11.3. The molecule has 114 valence electrons. The van der Waals surface area contributed by atoms with Crippen LogP contribution in [-0.2, 0) is 13.8 Å². The van der Waals surface area contributed by atoms with Gasteiger partial charge in [0.2, 0.25) is 9.05 Å². The van der Waals surface area contributed by atoms with Crippen LogP contribution in [-0.4, -0.2) is 27.4 Å². The van der Waals surface area contributed by atoms with E-state index < -0.39 is 9.05 Å². The minimum absolute atomic E-state index is 0.0131. The third-order valence-corrected chi connectivity index (χ3v) is 5.75. The fourth-order valence-corrected chi connectivity index (χ4v) is 4.78. The molecule has 0 atom stereocenters. The van der Waals surface area contributed by atoms with Gasteiger partial charge in [-0.1, -0.05) is 33.1 Å². The van der Waals surface area contributed by atoms with E-state index >= 15 is 0 Å². The fraction of sp³-hybridized carbons (Fsp3) is 1.00. The molecule has 0 heterocycles. The molecular weight excluding hydrogens is 284 g/mol. The van der Waals surface area contributed by atoms with E-state index in [1.165, 1.54) is 32.1 Å². The monoisotopic (exact) mass is 310 g/mol. The second kappa shape index (κ2) is 7.84. The van der Waals surface area contributed by atoms with Gasteiger partial charge < -0.3 is 4.74 Å². The molecule has 0 saturated heterocycles. The highest BCUT2D eigenvalue weighted by molar-refractivity contribution is 8.13. The van der Waals surface area contributed by atoms with Crippen LogP contribution in [0, 0.1) is 11.3 Å². The third-order valence-electron chi connectivity index (χ3n) is 4.47. The molecule has 1 saturated carbocycles. The van der Waals surface area contributed by atoms with Crippen molar-refractivity contribution in [1.82, 2.24) is 0 Å². The Hall–Kier alpha value is 0.200. The van der Waals surface area contributed by atoms with Crippen LogP contribution in [0.25, 0.3) is 0 Å². The first-order chi connectivity index (χ1) is 8.91. The predicted octanol–water partition coefficient (Wildman–Crippen LogP) is 3.96. The smallest absolute Gasteiger partial charge is 0.233 e. The maximum atomic E-state index is 11.3. The summed E-state index contributed by atoms with van der Waals surface area (Å²) in [6.07, 6.45) is 8.00. The summed E-state index contributed by atoms with van der Waals surface area (Å²) in [5.74, 6) is 0.673. The van der Waals surface area contributed by atoms with E-state index in [9.17, 15) is 8.42 Å². The van der Waals surface area contributed by atoms with Crippen molar-refractivity contribution in [3.63, 3.8) is 0 Å². The van der Waals surface area contributed by atoms with Crippen molar-refractivity contribution in [1.29, 1.82) is 0 Å². The summed E-state index contributed by atoms with van der Waals surface area (Å²) in [4.78, 5) is 0. The lowest BCUT2D eigenvalue weighted by atomic mass is 9.85. The summed E-state index contributed by atoms with van der Waals surface area (Å²) in [6.45, 7) is 5.29. The van der Waals surface area contributed by atoms with Crippen LogP contribution in [0.1, 0.15) is 58.8 Å². The number of rotatable bonds is 8. The highest BCUT2D eigenvalue weighted by Gasteiger charge is 2.32. The lowest BCUT2D eigenvalue weighted by molar-refractivity contribution is 0.0231.